The standard InChI is InChI=1S/C13H13Br2FN2S/c1-2-3-18-12(8-4-9(16)7-17-6-8)11-5-10(14)13(15)19-11/h4-7,12,18H,2-3H2,1H3. The van der Waals surface area contributed by atoms with E-state index in [0.29, 0.717) is 0 Å². The van der Waals surface area contributed by atoms with Crippen molar-refractivity contribution in [2.24, 2.45) is 0 Å². The van der Waals surface area contributed by atoms with Gasteiger partial charge in [0.15, 0.2) is 0 Å². The van der Waals surface area contributed by atoms with Crippen molar-refractivity contribution < 1.29 is 4.39 Å². The molecule has 1 N–H and O–H groups in total. The summed E-state index contributed by atoms with van der Waals surface area (Å²) in [7, 11) is 0. The Balaban J connectivity index is 2.35. The van der Waals surface area contributed by atoms with E-state index in [9.17, 15) is 4.39 Å². The summed E-state index contributed by atoms with van der Waals surface area (Å²) in [6.45, 7) is 2.97. The van der Waals surface area contributed by atoms with Gasteiger partial charge in [-0.2, -0.15) is 0 Å². The van der Waals surface area contributed by atoms with Crippen molar-refractivity contribution in [1.82, 2.24) is 10.3 Å². The van der Waals surface area contributed by atoms with Crippen LogP contribution in [0.25, 0.3) is 0 Å². The molecule has 2 heterocycles. The average Bonchev–Trinajstić information content (AvgIpc) is 2.70. The zero-order chi connectivity index (χ0) is 13.8. The van der Waals surface area contributed by atoms with Crippen molar-refractivity contribution in [2.45, 2.75) is 19.4 Å². The van der Waals surface area contributed by atoms with Crippen LogP contribution in [0.5, 0.6) is 0 Å². The number of thiophene rings is 1. The Bertz CT molecular complexity index is 540. The Morgan fingerprint density at radius 1 is 1.37 bits per heavy atom. The molecule has 0 spiro atoms. The minimum atomic E-state index is -0.310. The van der Waals surface area contributed by atoms with E-state index >= 15 is 0 Å². The normalized spacial score (nSPS) is 12.6. The molecule has 0 saturated carbocycles. The summed E-state index contributed by atoms with van der Waals surface area (Å²) in [6, 6.07) is 3.55. The molecule has 0 aliphatic carbocycles. The molecule has 2 aromatic heterocycles. The largest absolute Gasteiger partial charge is 0.306 e. The van der Waals surface area contributed by atoms with Gasteiger partial charge >= 0.3 is 0 Å². The number of rotatable bonds is 5. The molecule has 19 heavy (non-hydrogen) atoms. The van der Waals surface area contributed by atoms with Crippen molar-refractivity contribution >= 4 is 43.2 Å². The summed E-state index contributed by atoms with van der Waals surface area (Å²) in [6.07, 6.45) is 3.95. The molecular weight excluding hydrogens is 395 g/mol. The molecule has 0 fully saturated rings. The predicted molar refractivity (Wildman–Crippen MR) is 84.1 cm³/mol. The van der Waals surface area contributed by atoms with E-state index < -0.39 is 0 Å². The highest BCUT2D eigenvalue weighted by Gasteiger charge is 2.18. The van der Waals surface area contributed by atoms with Crippen molar-refractivity contribution in [3.8, 4) is 0 Å². The van der Waals surface area contributed by atoms with Gasteiger partial charge in [-0.25, -0.2) is 4.39 Å². The number of pyridine rings is 1. The zero-order valence-corrected chi connectivity index (χ0v) is 14.3. The van der Waals surface area contributed by atoms with Crippen molar-refractivity contribution in [3.63, 3.8) is 0 Å². The Kier molecular flexibility index (Phi) is 5.50. The first-order chi connectivity index (χ1) is 9.11. The number of nitrogens with zero attached hydrogens (tertiary/aromatic N) is 1. The lowest BCUT2D eigenvalue weighted by molar-refractivity contribution is 0.585. The lowest BCUT2D eigenvalue weighted by Crippen LogP contribution is -2.22. The molecular formula is C13H13Br2FN2S. The minimum absolute atomic E-state index is 0.0317. The second kappa shape index (κ2) is 6.92. The van der Waals surface area contributed by atoms with Gasteiger partial charge in [0.25, 0.3) is 0 Å². The van der Waals surface area contributed by atoms with Gasteiger partial charge in [-0.05, 0) is 62.5 Å². The second-order valence-electron chi connectivity index (χ2n) is 4.09. The van der Waals surface area contributed by atoms with Crippen molar-refractivity contribution in [1.29, 1.82) is 0 Å². The van der Waals surface area contributed by atoms with Crippen LogP contribution >= 0.6 is 43.2 Å². The van der Waals surface area contributed by atoms with Crippen molar-refractivity contribution in [2.75, 3.05) is 6.54 Å². The third-order valence-electron chi connectivity index (χ3n) is 2.61. The number of aromatic nitrogens is 1. The van der Waals surface area contributed by atoms with Gasteiger partial charge in [-0.3, -0.25) is 4.98 Å². The Morgan fingerprint density at radius 3 is 2.74 bits per heavy atom. The van der Waals surface area contributed by atoms with Crippen LogP contribution in [0.2, 0.25) is 0 Å². The maximum Gasteiger partial charge on any atom is 0.141 e. The van der Waals surface area contributed by atoms with E-state index in [0.717, 1.165) is 31.7 Å². The van der Waals surface area contributed by atoms with Gasteiger partial charge in [0.2, 0.25) is 0 Å². The quantitative estimate of drug-likeness (QED) is 0.762. The molecule has 0 saturated heterocycles. The summed E-state index contributed by atoms with van der Waals surface area (Å²) in [5, 5.41) is 3.43. The van der Waals surface area contributed by atoms with E-state index in [1.165, 1.54) is 12.3 Å². The lowest BCUT2D eigenvalue weighted by atomic mass is 10.1. The fraction of sp³-hybridized carbons (Fsp3) is 0.308. The number of halogens is 3. The molecule has 2 aromatic rings. The first-order valence-electron chi connectivity index (χ1n) is 5.90. The second-order valence-corrected chi connectivity index (χ2v) is 7.35. The van der Waals surface area contributed by atoms with Crippen LogP contribution in [0, 0.1) is 5.82 Å². The topological polar surface area (TPSA) is 24.9 Å². The average molecular weight is 408 g/mol. The molecule has 0 aromatic carbocycles. The summed E-state index contributed by atoms with van der Waals surface area (Å²) < 4.78 is 15.4. The molecule has 1 atom stereocenters. The SMILES string of the molecule is CCCNC(c1cncc(F)c1)c1cc(Br)c(Br)s1. The van der Waals surface area contributed by atoms with Gasteiger partial charge in [0, 0.05) is 15.5 Å². The lowest BCUT2D eigenvalue weighted by Gasteiger charge is -2.17. The summed E-state index contributed by atoms with van der Waals surface area (Å²) in [4.78, 5) is 5.06. The minimum Gasteiger partial charge on any atom is -0.306 e. The van der Waals surface area contributed by atoms with E-state index in [4.69, 9.17) is 0 Å². The van der Waals surface area contributed by atoms with Crippen molar-refractivity contribution in [3.05, 3.63) is 49.0 Å². The molecule has 0 amide bonds. The molecule has 2 nitrogen and oxygen atoms in total. The number of nitrogens with one attached hydrogen (secondary N) is 1. The van der Waals surface area contributed by atoms with Crippen LogP contribution in [-0.4, -0.2) is 11.5 Å². The third-order valence-corrected chi connectivity index (χ3v) is 5.93. The van der Waals surface area contributed by atoms with Crippen LogP contribution < -0.4 is 5.32 Å². The summed E-state index contributed by atoms with van der Waals surface area (Å²) in [5.74, 6) is -0.310. The molecule has 2 rings (SSSR count). The van der Waals surface area contributed by atoms with E-state index in [2.05, 4.69) is 49.1 Å². The number of hydrogen-bond donors (Lipinski definition) is 1. The summed E-state index contributed by atoms with van der Waals surface area (Å²) in [5.41, 5.74) is 0.842. The number of hydrogen-bond acceptors (Lipinski definition) is 3. The van der Waals surface area contributed by atoms with Crippen LogP contribution in [0.4, 0.5) is 4.39 Å². The maximum atomic E-state index is 13.3. The van der Waals surface area contributed by atoms with Gasteiger partial charge in [0.05, 0.1) is 16.0 Å². The third kappa shape index (κ3) is 3.84. The molecule has 0 aliphatic heterocycles. The summed E-state index contributed by atoms with van der Waals surface area (Å²) >= 11 is 8.61. The highest BCUT2D eigenvalue weighted by molar-refractivity contribution is 9.13. The van der Waals surface area contributed by atoms with Crippen LogP contribution in [0.15, 0.2) is 32.8 Å². The zero-order valence-electron chi connectivity index (χ0n) is 10.3. The Morgan fingerprint density at radius 2 is 2.16 bits per heavy atom. The van der Waals surface area contributed by atoms with Crippen LogP contribution in [0.3, 0.4) is 0 Å². The van der Waals surface area contributed by atoms with E-state index in [1.54, 1.807) is 17.5 Å². The molecule has 0 radical (unpaired) electrons. The van der Waals surface area contributed by atoms with Gasteiger partial charge in [-0.1, -0.05) is 6.92 Å². The van der Waals surface area contributed by atoms with Crippen LogP contribution in [0.1, 0.15) is 29.8 Å². The fourth-order valence-corrected chi connectivity index (χ4v) is 3.96. The highest BCUT2D eigenvalue weighted by Crippen LogP contribution is 2.37. The van der Waals surface area contributed by atoms with Gasteiger partial charge in [-0.15, -0.1) is 11.3 Å². The van der Waals surface area contributed by atoms with Crippen LogP contribution in [-0.2, 0) is 0 Å². The highest BCUT2D eigenvalue weighted by atomic mass is 79.9. The molecule has 6 heteroatoms. The monoisotopic (exact) mass is 406 g/mol. The Labute approximate surface area is 132 Å². The first-order valence-corrected chi connectivity index (χ1v) is 8.30. The fourth-order valence-electron chi connectivity index (χ4n) is 1.76. The molecule has 0 aliphatic rings. The van der Waals surface area contributed by atoms with E-state index in [-0.39, 0.29) is 11.9 Å². The molecule has 1 unspecified atom stereocenters. The van der Waals surface area contributed by atoms with E-state index in [1.807, 2.05) is 6.07 Å². The molecule has 102 valence electrons. The van der Waals surface area contributed by atoms with Gasteiger partial charge < -0.3 is 5.32 Å². The maximum absolute atomic E-state index is 13.3. The first kappa shape index (κ1) is 15.1. The molecule has 0 bridgehead atoms. The predicted octanol–water partition coefficient (Wildman–Crippen LogP) is 4.90. The van der Waals surface area contributed by atoms with Gasteiger partial charge in [0.1, 0.15) is 5.82 Å². The smallest absolute Gasteiger partial charge is 0.141 e. The Hall–Kier alpha value is -0.300.